The third kappa shape index (κ3) is 3.96. The zero-order valence-corrected chi connectivity index (χ0v) is 13.5. The number of nitrogens with one attached hydrogen (secondary N) is 2. The molecule has 1 aliphatic rings. The van der Waals surface area contributed by atoms with E-state index >= 15 is 0 Å². The summed E-state index contributed by atoms with van der Waals surface area (Å²) >= 11 is 0. The standard InChI is InChI=1S/C14H24N4O.ClH/c1-14(2,3)12-8-11(18(4)17-12)13(19)16-10-6-5-7-15-9-10;/h8,10,15H,5-7,9H2,1-4H3,(H,16,19);1H. The van der Waals surface area contributed by atoms with E-state index in [4.69, 9.17) is 0 Å². The molecule has 2 rings (SSSR count). The van der Waals surface area contributed by atoms with Crippen molar-refractivity contribution in [2.24, 2.45) is 7.05 Å². The van der Waals surface area contributed by atoms with Crippen molar-refractivity contribution in [3.8, 4) is 0 Å². The Morgan fingerprint density at radius 2 is 2.20 bits per heavy atom. The summed E-state index contributed by atoms with van der Waals surface area (Å²) < 4.78 is 1.67. The molecule has 0 radical (unpaired) electrons. The van der Waals surface area contributed by atoms with Crippen LogP contribution in [0.4, 0.5) is 0 Å². The predicted molar refractivity (Wildman–Crippen MR) is 82.5 cm³/mol. The zero-order valence-electron chi connectivity index (χ0n) is 12.7. The van der Waals surface area contributed by atoms with Gasteiger partial charge in [0.1, 0.15) is 5.69 Å². The molecule has 0 saturated carbocycles. The normalized spacial score (nSPS) is 19.3. The lowest BCUT2D eigenvalue weighted by Crippen LogP contribution is -2.46. The number of hydrogen-bond acceptors (Lipinski definition) is 3. The van der Waals surface area contributed by atoms with Gasteiger partial charge in [-0.25, -0.2) is 0 Å². The first-order chi connectivity index (χ1) is 8.88. The zero-order chi connectivity index (χ0) is 14.0. The number of nitrogens with zero attached hydrogens (tertiary/aromatic N) is 2. The van der Waals surface area contributed by atoms with Gasteiger partial charge in [-0.2, -0.15) is 5.10 Å². The van der Waals surface area contributed by atoms with Crippen LogP contribution in [0.15, 0.2) is 6.07 Å². The average molecular weight is 301 g/mol. The molecule has 2 heterocycles. The molecule has 2 N–H and O–H groups in total. The van der Waals surface area contributed by atoms with Gasteiger partial charge in [-0.05, 0) is 25.5 Å². The van der Waals surface area contributed by atoms with Crippen LogP contribution in [0.2, 0.25) is 0 Å². The lowest BCUT2D eigenvalue weighted by Gasteiger charge is -2.23. The van der Waals surface area contributed by atoms with Gasteiger partial charge in [0.05, 0.1) is 5.69 Å². The van der Waals surface area contributed by atoms with Gasteiger partial charge in [-0.1, -0.05) is 20.8 Å². The Balaban J connectivity index is 0.00000200. The molecule has 1 atom stereocenters. The van der Waals surface area contributed by atoms with Gasteiger partial charge in [0.15, 0.2) is 0 Å². The number of carbonyl (C=O) groups excluding carboxylic acids is 1. The van der Waals surface area contributed by atoms with Crippen LogP contribution in [0, 0.1) is 0 Å². The van der Waals surface area contributed by atoms with Crippen LogP contribution in [0.5, 0.6) is 0 Å². The van der Waals surface area contributed by atoms with Gasteiger partial charge in [0, 0.05) is 25.0 Å². The molecule has 0 aliphatic carbocycles. The molecule has 0 aromatic carbocycles. The van der Waals surface area contributed by atoms with Crippen LogP contribution < -0.4 is 10.6 Å². The summed E-state index contributed by atoms with van der Waals surface area (Å²) in [5.74, 6) is -0.0285. The molecule has 1 unspecified atom stereocenters. The minimum Gasteiger partial charge on any atom is -0.347 e. The van der Waals surface area contributed by atoms with Crippen LogP contribution in [0.3, 0.4) is 0 Å². The van der Waals surface area contributed by atoms with E-state index in [-0.39, 0.29) is 29.8 Å². The Morgan fingerprint density at radius 1 is 1.50 bits per heavy atom. The van der Waals surface area contributed by atoms with E-state index in [1.807, 2.05) is 13.1 Å². The van der Waals surface area contributed by atoms with E-state index in [0.29, 0.717) is 5.69 Å². The maximum absolute atomic E-state index is 12.3. The van der Waals surface area contributed by atoms with Gasteiger partial charge < -0.3 is 10.6 Å². The SMILES string of the molecule is Cl.Cn1nc(C(C)(C)C)cc1C(=O)NC1CCCNC1. The number of amides is 1. The molecule has 1 aromatic rings. The van der Waals surface area contributed by atoms with Crippen LogP contribution in [-0.2, 0) is 12.5 Å². The first-order valence-electron chi connectivity index (χ1n) is 6.94. The highest BCUT2D eigenvalue weighted by molar-refractivity contribution is 5.92. The molecular weight excluding hydrogens is 276 g/mol. The Kier molecular flexibility index (Phi) is 5.59. The lowest BCUT2D eigenvalue weighted by molar-refractivity contribution is 0.0921. The first-order valence-corrected chi connectivity index (χ1v) is 6.94. The fourth-order valence-electron chi connectivity index (χ4n) is 2.28. The van der Waals surface area contributed by atoms with Crippen molar-refractivity contribution < 1.29 is 4.79 Å². The van der Waals surface area contributed by atoms with Crippen molar-refractivity contribution >= 4 is 18.3 Å². The fourth-order valence-corrected chi connectivity index (χ4v) is 2.28. The highest BCUT2D eigenvalue weighted by atomic mass is 35.5. The number of halogens is 1. The smallest absolute Gasteiger partial charge is 0.269 e. The molecule has 0 bridgehead atoms. The molecule has 5 nitrogen and oxygen atoms in total. The van der Waals surface area contributed by atoms with Crippen LogP contribution in [0.25, 0.3) is 0 Å². The molecule has 114 valence electrons. The summed E-state index contributed by atoms with van der Waals surface area (Å²) in [5, 5.41) is 10.8. The Morgan fingerprint density at radius 3 is 2.70 bits per heavy atom. The van der Waals surface area contributed by atoms with Crippen molar-refractivity contribution in [1.29, 1.82) is 0 Å². The molecule has 1 aliphatic heterocycles. The number of rotatable bonds is 2. The van der Waals surface area contributed by atoms with E-state index in [2.05, 4.69) is 36.5 Å². The van der Waals surface area contributed by atoms with E-state index in [1.54, 1.807) is 4.68 Å². The second-order valence-electron chi connectivity index (χ2n) is 6.31. The lowest BCUT2D eigenvalue weighted by atomic mass is 9.92. The van der Waals surface area contributed by atoms with Crippen molar-refractivity contribution in [1.82, 2.24) is 20.4 Å². The minimum atomic E-state index is -0.0390. The van der Waals surface area contributed by atoms with E-state index in [0.717, 1.165) is 31.6 Å². The number of piperidine rings is 1. The van der Waals surface area contributed by atoms with Crippen LogP contribution in [0.1, 0.15) is 49.8 Å². The van der Waals surface area contributed by atoms with Gasteiger partial charge in [0.2, 0.25) is 0 Å². The van der Waals surface area contributed by atoms with E-state index < -0.39 is 0 Å². The maximum atomic E-state index is 12.3. The summed E-state index contributed by atoms with van der Waals surface area (Å²) in [5.41, 5.74) is 1.54. The van der Waals surface area contributed by atoms with E-state index in [1.165, 1.54) is 0 Å². The molecule has 20 heavy (non-hydrogen) atoms. The Bertz CT molecular complexity index is 458. The maximum Gasteiger partial charge on any atom is 0.269 e. The highest BCUT2D eigenvalue weighted by Crippen LogP contribution is 2.21. The number of carbonyl (C=O) groups is 1. The highest BCUT2D eigenvalue weighted by Gasteiger charge is 2.23. The Hall–Kier alpha value is -1.07. The molecule has 6 heteroatoms. The van der Waals surface area contributed by atoms with Gasteiger partial charge in [-0.3, -0.25) is 9.48 Å². The van der Waals surface area contributed by atoms with Crippen molar-refractivity contribution in [2.75, 3.05) is 13.1 Å². The number of hydrogen-bond donors (Lipinski definition) is 2. The van der Waals surface area contributed by atoms with Gasteiger partial charge in [0.25, 0.3) is 5.91 Å². The third-order valence-corrected chi connectivity index (χ3v) is 3.51. The van der Waals surface area contributed by atoms with E-state index in [9.17, 15) is 4.79 Å². The largest absolute Gasteiger partial charge is 0.347 e. The molecule has 0 spiro atoms. The summed E-state index contributed by atoms with van der Waals surface area (Å²) in [4.78, 5) is 12.3. The van der Waals surface area contributed by atoms with Crippen molar-refractivity contribution in [3.05, 3.63) is 17.5 Å². The minimum absolute atomic E-state index is 0. The summed E-state index contributed by atoms with van der Waals surface area (Å²) in [6, 6.07) is 2.13. The predicted octanol–water partition coefficient (Wildman–Crippen LogP) is 1.62. The second kappa shape index (κ2) is 6.59. The second-order valence-corrected chi connectivity index (χ2v) is 6.31. The fraction of sp³-hybridized carbons (Fsp3) is 0.714. The van der Waals surface area contributed by atoms with Crippen molar-refractivity contribution in [2.45, 2.75) is 45.1 Å². The van der Waals surface area contributed by atoms with Gasteiger partial charge in [-0.15, -0.1) is 12.4 Å². The number of aromatic nitrogens is 2. The quantitative estimate of drug-likeness (QED) is 0.872. The molecule has 1 saturated heterocycles. The molecule has 1 amide bonds. The van der Waals surface area contributed by atoms with Crippen LogP contribution in [-0.4, -0.2) is 34.8 Å². The summed E-state index contributed by atoms with van der Waals surface area (Å²) in [6.45, 7) is 8.20. The molecule has 1 fully saturated rings. The Labute approximate surface area is 126 Å². The summed E-state index contributed by atoms with van der Waals surface area (Å²) in [6.07, 6.45) is 2.16. The summed E-state index contributed by atoms with van der Waals surface area (Å²) in [7, 11) is 1.82. The van der Waals surface area contributed by atoms with Gasteiger partial charge >= 0.3 is 0 Å². The topological polar surface area (TPSA) is 59.0 Å². The number of aryl methyl sites for hydroxylation is 1. The monoisotopic (exact) mass is 300 g/mol. The molecule has 1 aromatic heterocycles. The average Bonchev–Trinajstić information content (AvgIpc) is 2.72. The first kappa shape index (κ1) is 17.0. The van der Waals surface area contributed by atoms with Crippen LogP contribution >= 0.6 is 12.4 Å². The molecular formula is C14H25ClN4O. The van der Waals surface area contributed by atoms with Crippen molar-refractivity contribution in [3.63, 3.8) is 0 Å². The third-order valence-electron chi connectivity index (χ3n) is 3.51.